The second kappa shape index (κ2) is 12.0. The van der Waals surface area contributed by atoms with E-state index in [1.165, 1.54) is 23.6 Å². The van der Waals surface area contributed by atoms with Gasteiger partial charge in [0.1, 0.15) is 4.88 Å². The number of aromatic nitrogens is 1. The number of hydrogen-bond donors (Lipinski definition) is 4. The van der Waals surface area contributed by atoms with Crippen molar-refractivity contribution in [2.75, 3.05) is 60.2 Å². The average molecular weight is 589 g/mol. The molecule has 0 unspecified atom stereocenters. The number of aliphatic hydroxyl groups excluding tert-OH is 1. The maximum absolute atomic E-state index is 13.8. The number of aryl methyl sites for hydroxylation is 1. The van der Waals surface area contributed by atoms with Gasteiger partial charge in [0.25, 0.3) is 11.8 Å². The number of aliphatic hydroxyl groups is 1. The Kier molecular flexibility index (Phi) is 8.47. The monoisotopic (exact) mass is 588 g/mol. The number of rotatable bonds is 9. The van der Waals surface area contributed by atoms with Crippen LogP contribution in [0.2, 0.25) is 0 Å². The van der Waals surface area contributed by atoms with Crippen molar-refractivity contribution >= 4 is 45.3 Å². The summed E-state index contributed by atoms with van der Waals surface area (Å²) in [5.74, 6) is -1.05. The molecule has 9 nitrogen and oxygen atoms in total. The highest BCUT2D eigenvalue weighted by molar-refractivity contribution is 7.17. The maximum atomic E-state index is 13.8. The smallest absolute Gasteiger partial charge is 0.395 e. The molecule has 0 atom stereocenters. The third kappa shape index (κ3) is 7.34. The van der Waals surface area contributed by atoms with Crippen molar-refractivity contribution in [1.82, 2.24) is 9.88 Å². The molecule has 5 rings (SSSR count). The summed E-state index contributed by atoms with van der Waals surface area (Å²) < 4.78 is 41.3. The summed E-state index contributed by atoms with van der Waals surface area (Å²) in [7, 11) is 0. The van der Waals surface area contributed by atoms with Gasteiger partial charge in [-0.3, -0.25) is 14.5 Å². The number of thiazole rings is 1. The predicted molar refractivity (Wildman–Crippen MR) is 153 cm³/mol. The van der Waals surface area contributed by atoms with Crippen molar-refractivity contribution in [2.45, 2.75) is 32.0 Å². The summed E-state index contributed by atoms with van der Waals surface area (Å²) in [6.07, 6.45) is -0.953. The van der Waals surface area contributed by atoms with Crippen LogP contribution in [0, 0.1) is 6.92 Å². The SMILES string of the molecule is Cc1ccc(NC(=O)c2cc(N3CCN(CCO)CC3)cc(C(F)(F)F)c2)cc1NC(=O)c1cnc(NC2CC2)s1. The first-order valence-corrected chi connectivity index (χ1v) is 14.2. The summed E-state index contributed by atoms with van der Waals surface area (Å²) in [5.41, 5.74) is 0.815. The van der Waals surface area contributed by atoms with Gasteiger partial charge in [0.15, 0.2) is 5.13 Å². The summed E-state index contributed by atoms with van der Waals surface area (Å²) >= 11 is 1.25. The molecule has 0 radical (unpaired) electrons. The average Bonchev–Trinajstić information content (AvgIpc) is 3.63. The van der Waals surface area contributed by atoms with Gasteiger partial charge in [-0.2, -0.15) is 13.2 Å². The molecular formula is C28H31F3N6O3S. The van der Waals surface area contributed by atoms with E-state index in [9.17, 15) is 22.8 Å². The Bertz CT molecular complexity index is 1420. The fraction of sp³-hybridized carbons (Fsp3) is 0.393. The highest BCUT2D eigenvalue weighted by atomic mass is 32.1. The van der Waals surface area contributed by atoms with Crippen LogP contribution >= 0.6 is 11.3 Å². The van der Waals surface area contributed by atoms with Crippen LogP contribution < -0.4 is 20.9 Å². The summed E-state index contributed by atoms with van der Waals surface area (Å²) in [5, 5.41) is 18.6. The van der Waals surface area contributed by atoms with Crippen LogP contribution in [0.5, 0.6) is 0 Å². The Balaban J connectivity index is 1.30. The lowest BCUT2D eigenvalue weighted by atomic mass is 10.1. The van der Waals surface area contributed by atoms with Gasteiger partial charge >= 0.3 is 6.18 Å². The molecule has 218 valence electrons. The molecule has 2 heterocycles. The topological polar surface area (TPSA) is 110 Å². The fourth-order valence-corrected chi connectivity index (χ4v) is 5.32. The van der Waals surface area contributed by atoms with Crippen molar-refractivity contribution in [3.8, 4) is 0 Å². The first-order valence-electron chi connectivity index (χ1n) is 13.4. The minimum atomic E-state index is -4.63. The van der Waals surface area contributed by atoms with Gasteiger partial charge in [0.2, 0.25) is 0 Å². The molecule has 13 heteroatoms. The van der Waals surface area contributed by atoms with Gasteiger partial charge < -0.3 is 26.0 Å². The van der Waals surface area contributed by atoms with Gasteiger partial charge in [-0.25, -0.2) is 4.98 Å². The fourth-order valence-electron chi connectivity index (χ4n) is 4.53. The number of amides is 2. The zero-order valence-electron chi connectivity index (χ0n) is 22.4. The van der Waals surface area contributed by atoms with Gasteiger partial charge in [0, 0.05) is 61.4 Å². The zero-order valence-corrected chi connectivity index (χ0v) is 23.2. The number of nitrogens with zero attached hydrogens (tertiary/aromatic N) is 3. The van der Waals surface area contributed by atoms with Gasteiger partial charge in [-0.15, -0.1) is 0 Å². The van der Waals surface area contributed by atoms with Crippen molar-refractivity contribution in [1.29, 1.82) is 0 Å². The van der Waals surface area contributed by atoms with E-state index >= 15 is 0 Å². The Labute approximate surface area is 239 Å². The number of β-amino-alcohol motifs (C(OH)–C–C–N with tert-alkyl or cyclic N) is 1. The number of carbonyl (C=O) groups is 2. The van der Waals surface area contributed by atoms with E-state index in [2.05, 4.69) is 20.9 Å². The Morgan fingerprint density at radius 2 is 1.80 bits per heavy atom. The minimum Gasteiger partial charge on any atom is -0.395 e. The first kappa shape index (κ1) is 28.8. The second-order valence-electron chi connectivity index (χ2n) is 10.2. The quantitative estimate of drug-likeness (QED) is 0.288. The van der Waals surface area contributed by atoms with E-state index in [0.717, 1.165) is 30.5 Å². The number of benzene rings is 2. The number of hydrogen-bond acceptors (Lipinski definition) is 8. The molecule has 1 saturated heterocycles. The van der Waals surface area contributed by atoms with Crippen LogP contribution in [0.25, 0.3) is 0 Å². The highest BCUT2D eigenvalue weighted by Gasteiger charge is 2.33. The minimum absolute atomic E-state index is 0.0162. The maximum Gasteiger partial charge on any atom is 0.416 e. The third-order valence-electron chi connectivity index (χ3n) is 7.04. The molecule has 2 aliphatic rings. The normalized spacial score (nSPS) is 16.0. The van der Waals surface area contributed by atoms with Crippen LogP contribution in [0.3, 0.4) is 0 Å². The van der Waals surface area contributed by atoms with Gasteiger partial charge in [0.05, 0.1) is 18.4 Å². The van der Waals surface area contributed by atoms with Crippen LogP contribution in [0.1, 0.15) is 44.0 Å². The number of anilines is 4. The molecule has 1 saturated carbocycles. The van der Waals surface area contributed by atoms with E-state index in [-0.39, 0.29) is 18.1 Å². The second-order valence-corrected chi connectivity index (χ2v) is 11.2. The van der Waals surface area contributed by atoms with E-state index < -0.39 is 17.6 Å². The lowest BCUT2D eigenvalue weighted by molar-refractivity contribution is -0.137. The van der Waals surface area contributed by atoms with Crippen molar-refractivity contribution in [2.24, 2.45) is 0 Å². The summed E-state index contributed by atoms with van der Waals surface area (Å²) in [4.78, 5) is 34.5. The number of piperazine rings is 1. The standard InChI is InChI=1S/C28H31F3N6O3S/c1-17-2-3-21(15-23(17)35-26(40)24-16-32-27(41-24)34-20-4-5-20)33-25(39)18-12-19(28(29,30)31)14-22(13-18)37-8-6-36(7-9-37)10-11-38/h2-3,12-16,20,38H,4-11H2,1H3,(H,32,34)(H,33,39)(H,35,40). The molecule has 1 aliphatic heterocycles. The molecule has 1 aliphatic carbocycles. The molecule has 2 amide bonds. The van der Waals surface area contributed by atoms with Crippen LogP contribution in [0.4, 0.5) is 35.4 Å². The van der Waals surface area contributed by atoms with Crippen molar-refractivity contribution < 1.29 is 27.9 Å². The lowest BCUT2D eigenvalue weighted by Gasteiger charge is -2.36. The van der Waals surface area contributed by atoms with Gasteiger partial charge in [-0.05, 0) is 55.7 Å². The molecule has 41 heavy (non-hydrogen) atoms. The Morgan fingerprint density at radius 1 is 1.05 bits per heavy atom. The third-order valence-corrected chi connectivity index (χ3v) is 7.97. The molecule has 2 aromatic carbocycles. The zero-order chi connectivity index (χ0) is 29.1. The molecule has 3 aromatic rings. The van der Waals surface area contributed by atoms with Crippen LogP contribution in [-0.2, 0) is 6.18 Å². The molecule has 2 fully saturated rings. The Morgan fingerprint density at radius 3 is 2.49 bits per heavy atom. The molecule has 0 spiro atoms. The number of halogens is 3. The summed E-state index contributed by atoms with van der Waals surface area (Å²) in [6.45, 7) is 4.45. The van der Waals surface area contributed by atoms with E-state index in [4.69, 9.17) is 5.11 Å². The molecule has 4 N–H and O–H groups in total. The van der Waals surface area contributed by atoms with Crippen LogP contribution in [0.15, 0.2) is 42.6 Å². The number of nitrogens with one attached hydrogen (secondary N) is 3. The van der Waals surface area contributed by atoms with Crippen molar-refractivity contribution in [3.63, 3.8) is 0 Å². The lowest BCUT2D eigenvalue weighted by Crippen LogP contribution is -2.47. The molecule has 1 aromatic heterocycles. The molecular weight excluding hydrogens is 557 g/mol. The Hall–Kier alpha value is -3.68. The predicted octanol–water partition coefficient (Wildman–Crippen LogP) is 4.66. The first-order chi connectivity index (χ1) is 19.6. The largest absolute Gasteiger partial charge is 0.416 e. The van der Waals surface area contributed by atoms with Gasteiger partial charge in [-0.1, -0.05) is 17.4 Å². The summed E-state index contributed by atoms with van der Waals surface area (Å²) in [6, 6.07) is 8.68. The van der Waals surface area contributed by atoms with E-state index in [0.29, 0.717) is 65.8 Å². The van der Waals surface area contributed by atoms with E-state index in [1.807, 2.05) is 9.80 Å². The van der Waals surface area contributed by atoms with Crippen LogP contribution in [-0.4, -0.2) is 72.2 Å². The highest BCUT2D eigenvalue weighted by Crippen LogP contribution is 2.34. The van der Waals surface area contributed by atoms with Crippen molar-refractivity contribution in [3.05, 3.63) is 64.2 Å². The number of carbonyl (C=O) groups excluding carboxylic acids is 2. The number of alkyl halides is 3. The molecule has 0 bridgehead atoms. The van der Waals surface area contributed by atoms with E-state index in [1.54, 1.807) is 25.1 Å².